The Labute approximate surface area is 198 Å². The van der Waals surface area contributed by atoms with E-state index in [1.807, 2.05) is 60.7 Å². The van der Waals surface area contributed by atoms with E-state index < -0.39 is 22.5 Å². The number of nitrogens with zero attached hydrogens (tertiary/aromatic N) is 2. The molecule has 4 rings (SSSR count). The van der Waals surface area contributed by atoms with E-state index in [9.17, 15) is 13.2 Å². The Morgan fingerprint density at radius 3 is 2.12 bits per heavy atom. The van der Waals surface area contributed by atoms with Crippen LogP contribution < -0.4 is 14.9 Å². The van der Waals surface area contributed by atoms with Gasteiger partial charge in [0.2, 0.25) is 10.0 Å². The molecule has 176 valence electrons. The van der Waals surface area contributed by atoms with Crippen molar-refractivity contribution in [3.05, 3.63) is 90.0 Å². The van der Waals surface area contributed by atoms with Gasteiger partial charge < -0.3 is 9.47 Å². The summed E-state index contributed by atoms with van der Waals surface area (Å²) in [6.07, 6.45) is 0.714. The van der Waals surface area contributed by atoms with Gasteiger partial charge in [0.25, 0.3) is 5.91 Å². The van der Waals surface area contributed by atoms with E-state index in [0.717, 1.165) is 15.4 Å². The first-order valence-corrected chi connectivity index (χ1v) is 12.2. The molecule has 34 heavy (non-hydrogen) atoms. The zero-order valence-electron chi connectivity index (χ0n) is 18.7. The topological polar surface area (TPSA) is 97.3 Å². The summed E-state index contributed by atoms with van der Waals surface area (Å²) in [5.41, 5.74) is 4.71. The number of ether oxygens (including phenoxy) is 2. The van der Waals surface area contributed by atoms with E-state index in [4.69, 9.17) is 9.47 Å². The lowest BCUT2D eigenvalue weighted by atomic mass is 10.0. The van der Waals surface area contributed by atoms with Crippen LogP contribution in [0, 0.1) is 0 Å². The van der Waals surface area contributed by atoms with Gasteiger partial charge in [-0.2, -0.15) is 9.41 Å². The molecule has 1 heterocycles. The second-order valence-electron chi connectivity index (χ2n) is 7.65. The Morgan fingerprint density at radius 2 is 1.50 bits per heavy atom. The van der Waals surface area contributed by atoms with Crippen molar-refractivity contribution < 1.29 is 22.7 Å². The lowest BCUT2D eigenvalue weighted by Crippen LogP contribution is -2.37. The van der Waals surface area contributed by atoms with Crippen molar-refractivity contribution in [2.75, 3.05) is 26.8 Å². The minimum atomic E-state index is -3.93. The number of hydrogen-bond acceptors (Lipinski definition) is 6. The predicted molar refractivity (Wildman–Crippen MR) is 129 cm³/mol. The van der Waals surface area contributed by atoms with Crippen molar-refractivity contribution in [3.63, 3.8) is 0 Å². The summed E-state index contributed by atoms with van der Waals surface area (Å²) in [5, 5.41) is 4.30. The Balaban J connectivity index is 1.49. The maximum Gasteiger partial charge on any atom is 0.255 e. The third-order valence-electron chi connectivity index (χ3n) is 5.18. The monoisotopic (exact) mass is 479 g/mol. The second-order valence-corrected chi connectivity index (χ2v) is 9.69. The third-order valence-corrected chi connectivity index (χ3v) is 6.98. The van der Waals surface area contributed by atoms with Crippen LogP contribution in [0.1, 0.15) is 17.5 Å². The first-order valence-electron chi connectivity index (χ1n) is 10.8. The zero-order valence-corrected chi connectivity index (χ0v) is 19.5. The van der Waals surface area contributed by atoms with Gasteiger partial charge in [0, 0.05) is 30.7 Å². The number of likely N-dealkylation sites (N-methyl/N-ethyl adjacent to an activating group) is 1. The average Bonchev–Trinajstić information content (AvgIpc) is 3.10. The van der Waals surface area contributed by atoms with Crippen LogP contribution in [0.15, 0.2) is 88.9 Å². The van der Waals surface area contributed by atoms with Gasteiger partial charge in [-0.1, -0.05) is 60.7 Å². The maximum atomic E-state index is 13.0. The molecule has 1 aliphatic heterocycles. The molecule has 0 aliphatic carbocycles. The van der Waals surface area contributed by atoms with Crippen LogP contribution >= 0.6 is 0 Å². The largest absolute Gasteiger partial charge is 0.490 e. The summed E-state index contributed by atoms with van der Waals surface area (Å²) in [6, 6.07) is 23.3. The number of rotatable bonds is 7. The molecule has 8 nitrogen and oxygen atoms in total. The van der Waals surface area contributed by atoms with Gasteiger partial charge in [-0.15, -0.1) is 0 Å². The summed E-state index contributed by atoms with van der Waals surface area (Å²) >= 11 is 0. The molecule has 3 aromatic carbocycles. The fraction of sp³-hybridized carbons (Fsp3) is 0.200. The molecule has 0 spiro atoms. The smallest absolute Gasteiger partial charge is 0.255 e. The Kier molecular flexibility index (Phi) is 7.24. The van der Waals surface area contributed by atoms with Crippen molar-refractivity contribution in [3.8, 4) is 11.5 Å². The van der Waals surface area contributed by atoms with E-state index in [0.29, 0.717) is 36.8 Å². The molecule has 1 amide bonds. The van der Waals surface area contributed by atoms with Crippen molar-refractivity contribution in [2.24, 2.45) is 5.10 Å². The third kappa shape index (κ3) is 5.44. The van der Waals surface area contributed by atoms with Crippen molar-refractivity contribution in [1.29, 1.82) is 0 Å². The molecule has 0 radical (unpaired) electrons. The zero-order chi connectivity index (χ0) is 24.0. The predicted octanol–water partition coefficient (Wildman–Crippen LogP) is 3.04. The van der Waals surface area contributed by atoms with E-state index >= 15 is 0 Å². The molecule has 1 N–H and O–H groups in total. The summed E-state index contributed by atoms with van der Waals surface area (Å²) in [4.78, 5) is 12.6. The number of hydrazone groups is 1. The molecule has 9 heteroatoms. The summed E-state index contributed by atoms with van der Waals surface area (Å²) < 4.78 is 38.2. The van der Waals surface area contributed by atoms with Gasteiger partial charge >= 0.3 is 0 Å². The highest BCUT2D eigenvalue weighted by molar-refractivity contribution is 7.89. The average molecular weight is 480 g/mol. The van der Waals surface area contributed by atoms with Gasteiger partial charge in [0.05, 0.1) is 30.4 Å². The fourth-order valence-corrected chi connectivity index (χ4v) is 4.56. The molecular weight excluding hydrogens is 454 g/mol. The SMILES string of the molecule is CN(CC(=O)NN=C(c1ccccc1)c1ccccc1)S(=O)(=O)c1ccc2c(c1)OCCCO2. The minimum absolute atomic E-state index is 0.0183. The summed E-state index contributed by atoms with van der Waals surface area (Å²) in [6.45, 7) is 0.544. The number of nitrogens with one attached hydrogen (secondary N) is 1. The first kappa shape index (κ1) is 23.5. The number of carbonyl (C=O) groups excluding carboxylic acids is 1. The number of hydrogen-bond donors (Lipinski definition) is 1. The second kappa shape index (κ2) is 10.5. The molecule has 0 saturated carbocycles. The van der Waals surface area contributed by atoms with Gasteiger partial charge in [0.1, 0.15) is 0 Å². The van der Waals surface area contributed by atoms with Gasteiger partial charge in [-0.3, -0.25) is 4.79 Å². The molecule has 0 saturated heterocycles. The molecular formula is C25H25N3O5S. The number of fused-ring (bicyclic) bond motifs is 1. The fourth-order valence-electron chi connectivity index (χ4n) is 3.41. The number of benzene rings is 3. The summed E-state index contributed by atoms with van der Waals surface area (Å²) in [7, 11) is -2.59. The molecule has 0 atom stereocenters. The standard InChI is InChI=1S/C25H25N3O5S/c1-28(34(30,31)21-13-14-22-23(17-21)33-16-8-15-32-22)18-24(29)26-27-25(19-9-4-2-5-10-19)20-11-6-3-7-12-20/h2-7,9-14,17H,8,15-16,18H2,1H3,(H,26,29). The Morgan fingerprint density at radius 1 is 0.912 bits per heavy atom. The van der Waals surface area contributed by atoms with Gasteiger partial charge in [-0.05, 0) is 12.1 Å². The molecule has 1 aliphatic rings. The van der Waals surface area contributed by atoms with Crippen LogP contribution in [0.5, 0.6) is 11.5 Å². The van der Waals surface area contributed by atoms with Crippen LogP contribution in [-0.4, -0.2) is 51.1 Å². The van der Waals surface area contributed by atoms with Crippen molar-refractivity contribution >= 4 is 21.6 Å². The van der Waals surface area contributed by atoms with Crippen LogP contribution in [0.4, 0.5) is 0 Å². The molecule has 0 aromatic heterocycles. The Bertz CT molecular complexity index is 1240. The van der Waals surface area contributed by atoms with E-state index in [1.165, 1.54) is 19.2 Å². The maximum absolute atomic E-state index is 13.0. The lowest BCUT2D eigenvalue weighted by molar-refractivity contribution is -0.121. The normalized spacial score (nSPS) is 13.1. The highest BCUT2D eigenvalue weighted by Gasteiger charge is 2.25. The van der Waals surface area contributed by atoms with Gasteiger partial charge in [-0.25, -0.2) is 13.8 Å². The molecule has 0 fully saturated rings. The minimum Gasteiger partial charge on any atom is -0.490 e. The van der Waals surface area contributed by atoms with E-state index in [2.05, 4.69) is 10.5 Å². The van der Waals surface area contributed by atoms with Gasteiger partial charge in [0.15, 0.2) is 11.5 Å². The quantitative estimate of drug-likeness (QED) is 0.415. The summed E-state index contributed by atoms with van der Waals surface area (Å²) in [5.74, 6) is 0.307. The molecule has 0 bridgehead atoms. The van der Waals surface area contributed by atoms with Crippen LogP contribution in [0.2, 0.25) is 0 Å². The highest BCUT2D eigenvalue weighted by Crippen LogP contribution is 2.32. The highest BCUT2D eigenvalue weighted by atomic mass is 32.2. The first-order chi connectivity index (χ1) is 16.4. The number of sulfonamides is 1. The van der Waals surface area contributed by atoms with Crippen LogP contribution in [0.25, 0.3) is 0 Å². The van der Waals surface area contributed by atoms with E-state index in [1.54, 1.807) is 6.07 Å². The lowest BCUT2D eigenvalue weighted by Gasteiger charge is -2.17. The van der Waals surface area contributed by atoms with E-state index in [-0.39, 0.29) is 4.90 Å². The Hall–Kier alpha value is -3.69. The van der Waals surface area contributed by atoms with Crippen molar-refractivity contribution in [2.45, 2.75) is 11.3 Å². The van der Waals surface area contributed by atoms with Crippen LogP contribution in [0.3, 0.4) is 0 Å². The van der Waals surface area contributed by atoms with Crippen LogP contribution in [-0.2, 0) is 14.8 Å². The number of carbonyl (C=O) groups is 1. The van der Waals surface area contributed by atoms with Crippen molar-refractivity contribution in [1.82, 2.24) is 9.73 Å². The molecule has 0 unspecified atom stereocenters. The number of amides is 1. The molecule has 3 aromatic rings.